The third kappa shape index (κ3) is 4.23. The molecule has 0 aromatic heterocycles. The quantitative estimate of drug-likeness (QED) is 0.325. The van der Waals surface area contributed by atoms with Crippen molar-refractivity contribution in [2.45, 2.75) is 103 Å². The van der Waals surface area contributed by atoms with Crippen LogP contribution in [-0.2, 0) is 14.3 Å². The van der Waals surface area contributed by atoms with Crippen molar-refractivity contribution < 1.29 is 23.9 Å². The molecule has 4 saturated carbocycles. The van der Waals surface area contributed by atoms with Crippen molar-refractivity contribution in [2.24, 2.45) is 34.5 Å². The number of esters is 1. The summed E-state index contributed by atoms with van der Waals surface area (Å²) in [6.45, 7) is 17.7. The van der Waals surface area contributed by atoms with Gasteiger partial charge in [-0.25, -0.2) is 0 Å². The molecule has 10 atom stereocenters. The Morgan fingerprint density at radius 1 is 1.11 bits per heavy atom. The molecule has 6 rings (SSSR count). The molecule has 0 radical (unpaired) electrons. The van der Waals surface area contributed by atoms with E-state index in [2.05, 4.69) is 31.4 Å². The highest BCUT2D eigenvalue weighted by Gasteiger charge is 2.67. The number of aliphatic hydroxyl groups excluding tert-OH is 1. The van der Waals surface area contributed by atoms with Crippen LogP contribution in [0, 0.1) is 34.5 Å². The lowest BCUT2D eigenvalue weighted by Gasteiger charge is -2.62. The van der Waals surface area contributed by atoms with Gasteiger partial charge in [0.1, 0.15) is 6.04 Å². The lowest BCUT2D eigenvalue weighted by atomic mass is 9.44. The van der Waals surface area contributed by atoms with E-state index >= 15 is 0 Å². The smallest absolute Gasteiger partial charge is 0.303 e. The molecule has 1 N–H and O–H groups in total. The molecule has 0 spiro atoms. The third-order valence-corrected chi connectivity index (χ3v) is 13.1. The zero-order valence-electron chi connectivity index (χ0n) is 24.3. The molecular formula is C32H53N2O4+. The summed E-state index contributed by atoms with van der Waals surface area (Å²) in [5.74, 6) is 2.54. The summed E-state index contributed by atoms with van der Waals surface area (Å²) in [5.41, 5.74) is 0.343. The van der Waals surface area contributed by atoms with Gasteiger partial charge in [0.2, 0.25) is 0 Å². The minimum Gasteiger partial charge on any atom is -0.456 e. The third-order valence-electron chi connectivity index (χ3n) is 13.1. The molecule has 6 heteroatoms. The van der Waals surface area contributed by atoms with Crippen LogP contribution in [0.15, 0.2) is 12.7 Å². The zero-order chi connectivity index (χ0) is 26.7. The summed E-state index contributed by atoms with van der Waals surface area (Å²) >= 11 is 0. The van der Waals surface area contributed by atoms with Crippen LogP contribution in [0.2, 0.25) is 0 Å². The van der Waals surface area contributed by atoms with E-state index in [1.807, 2.05) is 0 Å². The highest BCUT2D eigenvalue weighted by Crippen LogP contribution is 2.67. The molecule has 0 aromatic carbocycles. The van der Waals surface area contributed by atoms with Gasteiger partial charge in [0.05, 0.1) is 39.0 Å². The predicted octanol–water partition coefficient (Wildman–Crippen LogP) is 4.41. The number of nitrogens with zero attached hydrogens (tertiary/aromatic N) is 2. The van der Waals surface area contributed by atoms with Gasteiger partial charge in [-0.15, -0.1) is 0 Å². The molecule has 214 valence electrons. The number of aliphatic hydroxyl groups is 1. The van der Waals surface area contributed by atoms with Gasteiger partial charge in [-0.2, -0.15) is 0 Å². The highest BCUT2D eigenvalue weighted by atomic mass is 16.5. The van der Waals surface area contributed by atoms with Crippen molar-refractivity contribution in [1.82, 2.24) is 4.90 Å². The van der Waals surface area contributed by atoms with E-state index in [0.717, 1.165) is 56.6 Å². The number of fused-ring (bicyclic) bond motifs is 5. The molecule has 2 heterocycles. The number of hydrogen-bond acceptors (Lipinski definition) is 5. The van der Waals surface area contributed by atoms with Crippen LogP contribution in [0.5, 0.6) is 0 Å². The van der Waals surface area contributed by atoms with Crippen LogP contribution in [0.3, 0.4) is 0 Å². The Balaban J connectivity index is 1.30. The standard InChI is InChI=1S/C32H53N2O4/c1-5-14-34(15-6-7-16-34)28-20-26-24-9-8-23-19-29(36)27(33-12-17-37-18-13-33)21-32(23,4)25(24)10-11-31(26,3)30(28)38-22(2)35/h5,23-30,36H,1,6-21H2,2-4H3/q+1/t23-,24-,25+,26+,27-,28+,29+,30+,31-,32-/m0/s1. The van der Waals surface area contributed by atoms with Crippen LogP contribution < -0.4 is 0 Å². The molecule has 4 aliphatic carbocycles. The Kier molecular flexibility index (Phi) is 7.27. The largest absolute Gasteiger partial charge is 0.456 e. The number of rotatable bonds is 5. The Hall–Kier alpha value is -0.950. The van der Waals surface area contributed by atoms with Gasteiger partial charge in [0.25, 0.3) is 0 Å². The maximum atomic E-state index is 12.5. The lowest BCUT2D eigenvalue weighted by Crippen LogP contribution is -2.61. The Labute approximate surface area is 230 Å². The van der Waals surface area contributed by atoms with Gasteiger partial charge in [-0.1, -0.05) is 20.4 Å². The van der Waals surface area contributed by atoms with Gasteiger partial charge >= 0.3 is 5.97 Å². The van der Waals surface area contributed by atoms with E-state index in [9.17, 15) is 9.90 Å². The first kappa shape index (κ1) is 27.2. The molecule has 2 aliphatic heterocycles. The van der Waals surface area contributed by atoms with Crippen LogP contribution in [-0.4, -0.2) is 90.7 Å². The molecule has 0 bridgehead atoms. The fourth-order valence-corrected chi connectivity index (χ4v) is 11.3. The number of ether oxygens (including phenoxy) is 2. The maximum Gasteiger partial charge on any atom is 0.303 e. The summed E-state index contributed by atoms with van der Waals surface area (Å²) in [6.07, 6.45) is 12.7. The van der Waals surface area contributed by atoms with Crippen LogP contribution in [0.1, 0.15) is 78.6 Å². The van der Waals surface area contributed by atoms with E-state index in [-0.39, 0.29) is 35.0 Å². The first-order chi connectivity index (χ1) is 18.2. The molecule has 2 saturated heterocycles. The van der Waals surface area contributed by atoms with Crippen LogP contribution >= 0.6 is 0 Å². The fraction of sp³-hybridized carbons (Fsp3) is 0.906. The van der Waals surface area contributed by atoms with Gasteiger partial charge in [0, 0.05) is 50.7 Å². The summed E-state index contributed by atoms with van der Waals surface area (Å²) in [7, 11) is 0. The second kappa shape index (κ2) is 10.2. The van der Waals surface area contributed by atoms with E-state index in [1.54, 1.807) is 6.92 Å². The molecule has 38 heavy (non-hydrogen) atoms. The SMILES string of the molecule is C=CC[N+]1([C@@H]2C[C@@H]3[C@H]4CC[C@H]5C[C@@H](O)[C@@H](N6CCOCC6)C[C@]5(C)[C@@H]4CC[C@]3(C)[C@@H]2OC(C)=O)CCCC1. The van der Waals surface area contributed by atoms with Crippen molar-refractivity contribution in [1.29, 1.82) is 0 Å². The molecule has 6 aliphatic rings. The number of hydrogen-bond donors (Lipinski definition) is 1. The van der Waals surface area contributed by atoms with Crippen LogP contribution in [0.4, 0.5) is 0 Å². The van der Waals surface area contributed by atoms with E-state index in [4.69, 9.17) is 9.47 Å². The second-order valence-corrected chi connectivity index (χ2v) is 14.6. The van der Waals surface area contributed by atoms with Gasteiger partial charge in [-0.05, 0) is 73.7 Å². The van der Waals surface area contributed by atoms with Crippen molar-refractivity contribution in [3.05, 3.63) is 12.7 Å². The molecule has 0 amide bonds. The molecule has 0 unspecified atom stereocenters. The average molecular weight is 530 g/mol. The summed E-state index contributed by atoms with van der Waals surface area (Å²) in [5, 5.41) is 11.3. The van der Waals surface area contributed by atoms with Crippen molar-refractivity contribution in [2.75, 3.05) is 45.9 Å². The van der Waals surface area contributed by atoms with E-state index in [1.165, 1.54) is 51.6 Å². The summed E-state index contributed by atoms with van der Waals surface area (Å²) in [6, 6.07) is 0.663. The summed E-state index contributed by atoms with van der Waals surface area (Å²) < 4.78 is 13.1. The first-order valence-corrected chi connectivity index (χ1v) is 15.9. The minimum atomic E-state index is -0.209. The van der Waals surface area contributed by atoms with E-state index < -0.39 is 0 Å². The van der Waals surface area contributed by atoms with Gasteiger partial charge in [-0.3, -0.25) is 9.69 Å². The normalized spacial score (nSPS) is 48.5. The second-order valence-electron chi connectivity index (χ2n) is 14.6. The number of carbonyl (C=O) groups is 1. The van der Waals surface area contributed by atoms with Crippen LogP contribution in [0.25, 0.3) is 0 Å². The number of likely N-dealkylation sites (tertiary alicyclic amines) is 1. The number of quaternary nitrogens is 1. The number of carbonyl (C=O) groups excluding carboxylic acids is 1. The highest BCUT2D eigenvalue weighted by molar-refractivity contribution is 5.66. The Morgan fingerprint density at radius 2 is 1.84 bits per heavy atom. The first-order valence-electron chi connectivity index (χ1n) is 15.9. The Morgan fingerprint density at radius 3 is 2.53 bits per heavy atom. The molecular weight excluding hydrogens is 476 g/mol. The minimum absolute atomic E-state index is 0.0174. The monoisotopic (exact) mass is 529 g/mol. The van der Waals surface area contributed by atoms with Crippen molar-refractivity contribution in [3.63, 3.8) is 0 Å². The molecule has 6 nitrogen and oxygen atoms in total. The summed E-state index contributed by atoms with van der Waals surface area (Å²) in [4.78, 5) is 15.0. The van der Waals surface area contributed by atoms with Crippen molar-refractivity contribution in [3.8, 4) is 0 Å². The zero-order valence-corrected chi connectivity index (χ0v) is 24.3. The van der Waals surface area contributed by atoms with Gasteiger partial charge in [0.15, 0.2) is 6.10 Å². The number of morpholine rings is 1. The molecule has 6 fully saturated rings. The molecule has 0 aromatic rings. The lowest BCUT2D eigenvalue weighted by molar-refractivity contribution is -0.937. The Bertz CT molecular complexity index is 898. The average Bonchev–Trinajstić information content (AvgIpc) is 3.48. The van der Waals surface area contributed by atoms with E-state index in [0.29, 0.717) is 29.7 Å². The fourth-order valence-electron chi connectivity index (χ4n) is 11.3. The van der Waals surface area contributed by atoms with Crippen molar-refractivity contribution >= 4 is 5.97 Å². The van der Waals surface area contributed by atoms with Gasteiger partial charge < -0.3 is 19.1 Å². The predicted molar refractivity (Wildman–Crippen MR) is 148 cm³/mol. The maximum absolute atomic E-state index is 12.5. The topological polar surface area (TPSA) is 59.0 Å².